The van der Waals surface area contributed by atoms with E-state index >= 15 is 0 Å². The summed E-state index contributed by atoms with van der Waals surface area (Å²) in [7, 11) is 2.15. The van der Waals surface area contributed by atoms with Gasteiger partial charge in [-0.1, -0.05) is 25.2 Å². The van der Waals surface area contributed by atoms with Crippen molar-refractivity contribution in [1.82, 2.24) is 24.6 Å². The van der Waals surface area contributed by atoms with E-state index < -0.39 is 0 Å². The number of anilines is 2. The van der Waals surface area contributed by atoms with Crippen LogP contribution in [0.1, 0.15) is 23.7 Å². The summed E-state index contributed by atoms with van der Waals surface area (Å²) < 4.78 is 1.76. The highest BCUT2D eigenvalue weighted by atomic mass is 16.1. The van der Waals surface area contributed by atoms with Crippen LogP contribution < -0.4 is 15.8 Å². The van der Waals surface area contributed by atoms with E-state index in [4.69, 9.17) is 0 Å². The number of hydrogen-bond acceptors (Lipinski definition) is 5. The van der Waals surface area contributed by atoms with Crippen LogP contribution in [0.4, 0.5) is 11.4 Å². The molecule has 200 valence electrons. The first-order chi connectivity index (χ1) is 18.9. The molecular formula is C30H33N7O2. The molecule has 0 radical (unpaired) electrons. The van der Waals surface area contributed by atoms with Gasteiger partial charge in [0.1, 0.15) is 0 Å². The van der Waals surface area contributed by atoms with Gasteiger partial charge in [0, 0.05) is 55.2 Å². The molecule has 1 saturated heterocycles. The highest BCUT2D eigenvalue weighted by molar-refractivity contribution is 6.04. The summed E-state index contributed by atoms with van der Waals surface area (Å²) in [4.78, 5) is 36.5. The predicted octanol–water partition coefficient (Wildman–Crippen LogP) is 4.25. The van der Waals surface area contributed by atoms with Crippen molar-refractivity contribution in [3.63, 3.8) is 0 Å². The number of nitrogens with one attached hydrogen (secondary N) is 3. The maximum atomic E-state index is 12.9. The number of likely N-dealkylation sites (N-methyl/N-ethyl adjacent to an activating group) is 1. The van der Waals surface area contributed by atoms with E-state index in [1.165, 1.54) is 17.5 Å². The Bertz CT molecular complexity index is 1630. The molecule has 4 heterocycles. The maximum Gasteiger partial charge on any atom is 0.258 e. The number of carbonyl (C=O) groups is 1. The summed E-state index contributed by atoms with van der Waals surface area (Å²) in [6.07, 6.45) is 12.4. The lowest BCUT2D eigenvalue weighted by Gasteiger charge is -2.34. The quantitative estimate of drug-likeness (QED) is 0.351. The Morgan fingerprint density at radius 2 is 2.00 bits per heavy atom. The molecule has 0 saturated carbocycles. The van der Waals surface area contributed by atoms with Crippen LogP contribution >= 0.6 is 0 Å². The van der Waals surface area contributed by atoms with Crippen molar-refractivity contribution in [2.45, 2.75) is 19.9 Å². The van der Waals surface area contributed by atoms with Crippen LogP contribution in [0, 0.1) is 5.92 Å². The van der Waals surface area contributed by atoms with E-state index in [9.17, 15) is 9.59 Å². The van der Waals surface area contributed by atoms with Crippen LogP contribution in [0.25, 0.3) is 22.2 Å². The normalized spacial score (nSPS) is 17.9. The van der Waals surface area contributed by atoms with Crippen LogP contribution in [0.2, 0.25) is 0 Å². The fraction of sp³-hybridized carbons (Fsp3) is 0.300. The Morgan fingerprint density at radius 1 is 1.15 bits per heavy atom. The SMILES string of the molecule is CC1C=CC(Cn2cc(C(=O)Nc3c[nH]c(=O)c(-c4cc5cc(N6CCN(C)CC6)ccc5[nH]4)c3)cn2)=CC1. The number of benzene rings is 1. The van der Waals surface area contributed by atoms with E-state index in [0.29, 0.717) is 35.0 Å². The van der Waals surface area contributed by atoms with Gasteiger partial charge in [-0.05, 0) is 55.3 Å². The Labute approximate surface area is 226 Å². The minimum absolute atomic E-state index is 0.227. The van der Waals surface area contributed by atoms with Crippen LogP contribution in [-0.4, -0.2) is 63.8 Å². The van der Waals surface area contributed by atoms with E-state index in [2.05, 4.69) is 80.6 Å². The van der Waals surface area contributed by atoms with Crippen LogP contribution in [0.3, 0.4) is 0 Å². The molecule has 3 N–H and O–H groups in total. The number of aromatic amines is 2. The zero-order valence-electron chi connectivity index (χ0n) is 22.3. The van der Waals surface area contributed by atoms with Crippen molar-refractivity contribution in [2.75, 3.05) is 43.4 Å². The molecule has 3 aromatic heterocycles. The number of amides is 1. The Hall–Kier alpha value is -4.37. The molecule has 9 nitrogen and oxygen atoms in total. The predicted molar refractivity (Wildman–Crippen MR) is 155 cm³/mol. The van der Waals surface area contributed by atoms with Gasteiger partial charge in [0.25, 0.3) is 11.5 Å². The van der Waals surface area contributed by atoms with Gasteiger partial charge in [0.15, 0.2) is 0 Å². The Kier molecular flexibility index (Phi) is 6.66. The van der Waals surface area contributed by atoms with Crippen molar-refractivity contribution in [3.05, 3.63) is 88.6 Å². The fourth-order valence-corrected chi connectivity index (χ4v) is 5.13. The molecule has 2 aliphatic rings. The first kappa shape index (κ1) is 24.9. The maximum absolute atomic E-state index is 12.9. The largest absolute Gasteiger partial charge is 0.369 e. The van der Waals surface area contributed by atoms with Gasteiger partial charge in [-0.15, -0.1) is 0 Å². The van der Waals surface area contributed by atoms with Crippen LogP contribution in [0.5, 0.6) is 0 Å². The van der Waals surface area contributed by atoms with Crippen molar-refractivity contribution in [2.24, 2.45) is 5.92 Å². The number of H-pyrrole nitrogens is 2. The molecule has 1 fully saturated rings. The van der Waals surface area contributed by atoms with Crippen molar-refractivity contribution in [3.8, 4) is 11.3 Å². The average molecular weight is 524 g/mol. The van der Waals surface area contributed by atoms with Gasteiger partial charge >= 0.3 is 0 Å². The van der Waals surface area contributed by atoms with E-state index in [0.717, 1.165) is 43.5 Å². The van der Waals surface area contributed by atoms with Gasteiger partial charge in [-0.25, -0.2) is 0 Å². The number of aromatic nitrogens is 4. The van der Waals surface area contributed by atoms with E-state index in [-0.39, 0.29) is 11.5 Å². The number of allylic oxidation sites excluding steroid dienone is 4. The molecule has 0 bridgehead atoms. The standard InChI is InChI=1S/C30H33N7O2/c1-20-3-5-21(6-4-20)18-37-19-23(16-32-37)29(38)33-24-15-26(30(39)31-17-24)28-14-22-13-25(7-8-27(22)34-28)36-11-9-35(2)10-12-36/h3,5-8,13-17,19-20,34H,4,9-12,18H2,1-2H3,(H,31,39)(H,33,38). The molecule has 0 spiro atoms. The molecule has 1 aliphatic heterocycles. The third-order valence-corrected chi connectivity index (χ3v) is 7.55. The molecule has 1 atom stereocenters. The highest BCUT2D eigenvalue weighted by Gasteiger charge is 2.16. The van der Waals surface area contributed by atoms with Crippen LogP contribution in [0.15, 0.2) is 77.5 Å². The molecule has 39 heavy (non-hydrogen) atoms. The number of rotatable bonds is 6. The number of fused-ring (bicyclic) bond motifs is 1. The number of carbonyl (C=O) groups excluding carboxylic acids is 1. The van der Waals surface area contributed by atoms with E-state index in [1.54, 1.807) is 23.1 Å². The second-order valence-electron chi connectivity index (χ2n) is 10.6. The smallest absolute Gasteiger partial charge is 0.258 e. The lowest BCUT2D eigenvalue weighted by Crippen LogP contribution is -2.44. The number of nitrogens with zero attached hydrogens (tertiary/aromatic N) is 4. The molecule has 1 aliphatic carbocycles. The Balaban J connectivity index is 1.18. The van der Waals surface area contributed by atoms with Gasteiger partial charge in [0.05, 0.1) is 35.2 Å². The summed E-state index contributed by atoms with van der Waals surface area (Å²) >= 11 is 0. The molecule has 4 aromatic rings. The third kappa shape index (κ3) is 5.44. The number of hydrogen-bond donors (Lipinski definition) is 3. The highest BCUT2D eigenvalue weighted by Crippen LogP contribution is 2.28. The van der Waals surface area contributed by atoms with E-state index in [1.807, 2.05) is 6.07 Å². The second kappa shape index (κ2) is 10.4. The summed E-state index contributed by atoms with van der Waals surface area (Å²) in [6.45, 7) is 6.88. The molecule has 9 heteroatoms. The molecule has 1 amide bonds. The minimum Gasteiger partial charge on any atom is -0.369 e. The summed E-state index contributed by atoms with van der Waals surface area (Å²) in [5, 5.41) is 8.29. The van der Waals surface area contributed by atoms with Crippen LogP contribution in [-0.2, 0) is 6.54 Å². The van der Waals surface area contributed by atoms with Gasteiger partial charge in [0.2, 0.25) is 0 Å². The molecule has 6 rings (SSSR count). The molecule has 1 aromatic carbocycles. The monoisotopic (exact) mass is 523 g/mol. The van der Waals surface area contributed by atoms with Crippen molar-refractivity contribution >= 4 is 28.2 Å². The first-order valence-corrected chi connectivity index (χ1v) is 13.4. The summed E-state index contributed by atoms with van der Waals surface area (Å²) in [5.74, 6) is 0.272. The first-order valence-electron chi connectivity index (χ1n) is 13.4. The summed E-state index contributed by atoms with van der Waals surface area (Å²) in [5.41, 5.74) is 5.23. The second-order valence-corrected chi connectivity index (χ2v) is 10.6. The topological polar surface area (TPSA) is 102 Å². The van der Waals surface area contributed by atoms with Crippen molar-refractivity contribution in [1.29, 1.82) is 0 Å². The third-order valence-electron chi connectivity index (χ3n) is 7.55. The van der Waals surface area contributed by atoms with Crippen molar-refractivity contribution < 1.29 is 4.79 Å². The molecule has 1 unspecified atom stereocenters. The van der Waals surface area contributed by atoms with Gasteiger partial charge in [-0.3, -0.25) is 14.3 Å². The Morgan fingerprint density at radius 3 is 2.79 bits per heavy atom. The van der Waals surface area contributed by atoms with Gasteiger partial charge < -0.3 is 25.1 Å². The molecular weight excluding hydrogens is 490 g/mol. The zero-order chi connectivity index (χ0) is 26.9. The fourth-order valence-electron chi connectivity index (χ4n) is 5.13. The minimum atomic E-state index is -0.283. The number of pyridine rings is 1. The lowest BCUT2D eigenvalue weighted by atomic mass is 9.99. The lowest BCUT2D eigenvalue weighted by molar-refractivity contribution is 0.102. The number of piperazine rings is 1. The summed E-state index contributed by atoms with van der Waals surface area (Å²) in [6, 6.07) is 10.0. The average Bonchev–Trinajstić information content (AvgIpc) is 3.58. The zero-order valence-corrected chi connectivity index (χ0v) is 22.3. The van der Waals surface area contributed by atoms with Gasteiger partial charge in [-0.2, -0.15) is 5.10 Å².